The van der Waals surface area contributed by atoms with Gasteiger partial charge in [0.05, 0.1) is 11.1 Å². The predicted molar refractivity (Wildman–Crippen MR) is 88.9 cm³/mol. The molecule has 3 rings (SSSR count). The molecule has 0 bridgehead atoms. The monoisotopic (exact) mass is 341 g/mol. The number of carboxylic acid groups (broad SMARTS) is 1. The van der Waals surface area contributed by atoms with Crippen LogP contribution >= 0.6 is 0 Å². The summed E-state index contributed by atoms with van der Waals surface area (Å²) >= 11 is 0. The van der Waals surface area contributed by atoms with Crippen LogP contribution in [-0.2, 0) is 0 Å². The quantitative estimate of drug-likeness (QED) is 0.500. The molecule has 2 aromatic carbocycles. The number of hydrogen-bond donors (Lipinski definition) is 4. The lowest BCUT2D eigenvalue weighted by Gasteiger charge is -2.24. The molecule has 1 atom stereocenters. The van der Waals surface area contributed by atoms with Crippen molar-refractivity contribution >= 4 is 17.4 Å². The summed E-state index contributed by atoms with van der Waals surface area (Å²) in [5.41, 5.74) is 1.26. The van der Waals surface area contributed by atoms with Gasteiger partial charge < -0.3 is 25.4 Å². The number of phenols is 1. The zero-order valence-corrected chi connectivity index (χ0v) is 13.2. The topological polar surface area (TPSA) is 116 Å². The van der Waals surface area contributed by atoms with Crippen molar-refractivity contribution < 1.29 is 29.6 Å². The minimum atomic E-state index is -1.44. The maximum Gasteiger partial charge on any atom is 0.339 e. The SMILES string of the molecule is Cc1ccc2c(c1)C(=O)/C(=C\Nc1ccc(O)c(C(=O)O)c1)C(O)O2. The van der Waals surface area contributed by atoms with Crippen molar-refractivity contribution in [2.24, 2.45) is 0 Å². The summed E-state index contributed by atoms with van der Waals surface area (Å²) in [6.45, 7) is 1.84. The van der Waals surface area contributed by atoms with Crippen LogP contribution in [0.25, 0.3) is 0 Å². The van der Waals surface area contributed by atoms with Crippen LogP contribution in [0.3, 0.4) is 0 Å². The Labute approximate surface area is 142 Å². The van der Waals surface area contributed by atoms with Gasteiger partial charge in [0.25, 0.3) is 0 Å². The van der Waals surface area contributed by atoms with E-state index < -0.39 is 12.3 Å². The number of aromatic hydroxyl groups is 1. The van der Waals surface area contributed by atoms with Crippen LogP contribution in [-0.4, -0.2) is 33.4 Å². The standard InChI is InChI=1S/C18H15NO6/c1-9-2-5-15-12(6-9)16(21)13(18(24)25-15)8-19-10-3-4-14(20)11(7-10)17(22)23/h2-8,18-20,24H,1H3,(H,22,23)/b13-8+. The number of hydrogen-bond acceptors (Lipinski definition) is 6. The molecule has 7 nitrogen and oxygen atoms in total. The fourth-order valence-electron chi connectivity index (χ4n) is 2.47. The first-order valence-electron chi connectivity index (χ1n) is 7.40. The van der Waals surface area contributed by atoms with Gasteiger partial charge in [0.1, 0.15) is 17.1 Å². The highest BCUT2D eigenvalue weighted by Gasteiger charge is 2.30. The second-order valence-electron chi connectivity index (χ2n) is 5.58. The summed E-state index contributed by atoms with van der Waals surface area (Å²) in [6, 6.07) is 8.94. The molecule has 0 fully saturated rings. The van der Waals surface area contributed by atoms with Crippen molar-refractivity contribution in [2.75, 3.05) is 5.32 Å². The molecule has 0 radical (unpaired) electrons. The Hall–Kier alpha value is -3.32. The van der Waals surface area contributed by atoms with E-state index in [2.05, 4.69) is 5.32 Å². The van der Waals surface area contributed by atoms with Gasteiger partial charge in [-0.15, -0.1) is 0 Å². The number of aliphatic hydroxyl groups is 1. The number of aromatic carboxylic acids is 1. The van der Waals surface area contributed by atoms with Gasteiger partial charge in [-0.1, -0.05) is 11.6 Å². The van der Waals surface area contributed by atoms with Crippen molar-refractivity contribution in [2.45, 2.75) is 13.2 Å². The molecule has 25 heavy (non-hydrogen) atoms. The maximum atomic E-state index is 12.5. The Kier molecular flexibility index (Phi) is 4.16. The predicted octanol–water partition coefficient (Wildman–Crippen LogP) is 2.29. The van der Waals surface area contributed by atoms with Gasteiger partial charge in [0, 0.05) is 11.9 Å². The van der Waals surface area contributed by atoms with Crippen LogP contribution in [0.2, 0.25) is 0 Å². The second-order valence-corrected chi connectivity index (χ2v) is 5.58. The van der Waals surface area contributed by atoms with Crippen LogP contribution < -0.4 is 10.1 Å². The minimum Gasteiger partial charge on any atom is -0.507 e. The molecule has 7 heteroatoms. The molecule has 4 N–H and O–H groups in total. The molecule has 0 saturated carbocycles. The summed E-state index contributed by atoms with van der Waals surface area (Å²) in [5, 5.41) is 31.3. The fraction of sp³-hybridized carbons (Fsp3) is 0.111. The van der Waals surface area contributed by atoms with Crippen molar-refractivity contribution in [3.63, 3.8) is 0 Å². The van der Waals surface area contributed by atoms with Gasteiger partial charge in [-0.25, -0.2) is 4.79 Å². The summed E-state index contributed by atoms with van der Waals surface area (Å²) in [6.07, 6.45) is -0.178. The van der Waals surface area contributed by atoms with Crippen molar-refractivity contribution in [1.82, 2.24) is 0 Å². The first-order chi connectivity index (χ1) is 11.9. The number of carbonyl (C=O) groups excluding carboxylic acids is 1. The average Bonchev–Trinajstić information content (AvgIpc) is 2.56. The smallest absolute Gasteiger partial charge is 0.339 e. The lowest BCUT2D eigenvalue weighted by molar-refractivity contribution is 0.00781. The van der Waals surface area contributed by atoms with E-state index in [0.29, 0.717) is 17.0 Å². The lowest BCUT2D eigenvalue weighted by atomic mass is 9.98. The van der Waals surface area contributed by atoms with Crippen LogP contribution in [0.5, 0.6) is 11.5 Å². The number of carbonyl (C=O) groups is 2. The maximum absolute atomic E-state index is 12.5. The molecule has 1 heterocycles. The summed E-state index contributed by atoms with van der Waals surface area (Å²) in [7, 11) is 0. The number of aryl methyl sites for hydroxylation is 1. The van der Waals surface area contributed by atoms with E-state index in [-0.39, 0.29) is 22.7 Å². The Morgan fingerprint density at radius 2 is 2.00 bits per heavy atom. The molecule has 0 saturated heterocycles. The Morgan fingerprint density at radius 1 is 1.24 bits per heavy atom. The number of benzene rings is 2. The number of aliphatic hydroxyl groups excluding tert-OH is 1. The molecule has 0 amide bonds. The molecular formula is C18H15NO6. The van der Waals surface area contributed by atoms with E-state index in [0.717, 1.165) is 5.56 Å². The molecule has 1 unspecified atom stereocenters. The number of carboxylic acids is 1. The number of ether oxygens (including phenoxy) is 1. The van der Waals surface area contributed by atoms with Gasteiger partial charge in [-0.05, 0) is 37.3 Å². The number of ketones is 1. The number of Topliss-reactive ketones (excluding diaryl/α,β-unsaturated/α-hetero) is 1. The van der Waals surface area contributed by atoms with Crippen molar-refractivity contribution in [1.29, 1.82) is 0 Å². The lowest BCUT2D eigenvalue weighted by Crippen LogP contribution is -2.30. The summed E-state index contributed by atoms with van der Waals surface area (Å²) < 4.78 is 5.33. The molecule has 0 spiro atoms. The largest absolute Gasteiger partial charge is 0.507 e. The highest BCUT2D eigenvalue weighted by Crippen LogP contribution is 2.31. The Bertz CT molecular complexity index is 902. The minimum absolute atomic E-state index is 0.0111. The second kappa shape index (κ2) is 6.29. The van der Waals surface area contributed by atoms with E-state index in [1.165, 1.54) is 24.4 Å². The van der Waals surface area contributed by atoms with E-state index in [1.807, 2.05) is 6.92 Å². The molecule has 2 aromatic rings. The fourth-order valence-corrected chi connectivity index (χ4v) is 2.47. The van der Waals surface area contributed by atoms with Crippen LogP contribution in [0.15, 0.2) is 48.2 Å². The molecule has 1 aliphatic rings. The highest BCUT2D eigenvalue weighted by atomic mass is 16.6. The van der Waals surface area contributed by atoms with E-state index in [1.54, 1.807) is 18.2 Å². The molecule has 0 aromatic heterocycles. The molecule has 128 valence electrons. The van der Waals surface area contributed by atoms with Gasteiger partial charge >= 0.3 is 5.97 Å². The van der Waals surface area contributed by atoms with E-state index in [4.69, 9.17) is 9.84 Å². The highest BCUT2D eigenvalue weighted by molar-refractivity contribution is 6.12. The summed E-state index contributed by atoms with van der Waals surface area (Å²) in [5.74, 6) is -1.73. The number of anilines is 1. The third-order valence-corrected chi connectivity index (χ3v) is 3.77. The van der Waals surface area contributed by atoms with E-state index >= 15 is 0 Å². The normalized spacial score (nSPS) is 17.8. The van der Waals surface area contributed by atoms with Crippen molar-refractivity contribution in [3.05, 3.63) is 64.9 Å². The first kappa shape index (κ1) is 16.5. The average molecular weight is 341 g/mol. The van der Waals surface area contributed by atoms with Gasteiger partial charge in [-0.2, -0.15) is 0 Å². The zero-order chi connectivity index (χ0) is 18.1. The van der Waals surface area contributed by atoms with Crippen LogP contribution in [0.1, 0.15) is 26.3 Å². The number of nitrogens with one attached hydrogen (secondary N) is 1. The van der Waals surface area contributed by atoms with E-state index in [9.17, 15) is 19.8 Å². The first-order valence-corrected chi connectivity index (χ1v) is 7.40. The molecular weight excluding hydrogens is 326 g/mol. The Balaban J connectivity index is 1.90. The number of rotatable bonds is 3. The summed E-state index contributed by atoms with van der Waals surface area (Å²) in [4.78, 5) is 23.6. The van der Waals surface area contributed by atoms with Crippen LogP contribution in [0.4, 0.5) is 5.69 Å². The number of fused-ring (bicyclic) bond motifs is 1. The zero-order valence-electron chi connectivity index (χ0n) is 13.2. The van der Waals surface area contributed by atoms with Gasteiger partial charge in [-0.3, -0.25) is 4.79 Å². The Morgan fingerprint density at radius 3 is 2.72 bits per heavy atom. The third-order valence-electron chi connectivity index (χ3n) is 3.77. The van der Waals surface area contributed by atoms with Gasteiger partial charge in [0.15, 0.2) is 5.78 Å². The van der Waals surface area contributed by atoms with Crippen molar-refractivity contribution in [3.8, 4) is 11.5 Å². The van der Waals surface area contributed by atoms with Crippen LogP contribution in [0, 0.1) is 6.92 Å². The third kappa shape index (κ3) is 3.17. The molecule has 0 aliphatic carbocycles. The molecule has 1 aliphatic heterocycles. The van der Waals surface area contributed by atoms with Gasteiger partial charge in [0.2, 0.25) is 6.29 Å².